The van der Waals surface area contributed by atoms with Gasteiger partial charge in [-0.25, -0.2) is 16.8 Å². The maximum absolute atomic E-state index is 12.6. The first kappa shape index (κ1) is 43.9. The summed E-state index contributed by atoms with van der Waals surface area (Å²) in [5, 5.41) is 36.9. The van der Waals surface area contributed by atoms with Crippen LogP contribution in [0.5, 0.6) is 5.75 Å². The molecular weight excluding hydrogens is 711 g/mol. The molecule has 2 saturated heterocycles. The average Bonchev–Trinajstić information content (AvgIpc) is 2.97. The molecule has 0 unspecified atom stereocenters. The van der Waals surface area contributed by atoms with Crippen LogP contribution < -0.4 is 50.1 Å². The SMILES string of the molecule is CB(O)NC1CCNCC1.COc1ccc(S(=O)(=O)N2CCC(NB(C)O)CC2)cc1Cl.O=S(=O)(Cl)c1ccc(CO)c(Cl)c1.[H-].[Na+]. The topological polar surface area (TPSA) is 178 Å². The molecule has 0 saturated carbocycles. The number of aliphatic hydroxyl groups excluding tert-OH is 1. The van der Waals surface area contributed by atoms with Gasteiger partial charge in [0, 0.05) is 40.9 Å². The zero-order valence-electron chi connectivity index (χ0n) is 27.4. The van der Waals surface area contributed by atoms with Crippen LogP contribution in [-0.4, -0.2) is 95.8 Å². The van der Waals surface area contributed by atoms with Crippen LogP contribution in [0.4, 0.5) is 0 Å². The Hall–Kier alpha value is -0.140. The van der Waals surface area contributed by atoms with Gasteiger partial charge in [-0.15, -0.1) is 0 Å². The van der Waals surface area contributed by atoms with Crippen LogP contribution in [-0.2, 0) is 25.7 Å². The number of methoxy groups -OCH3 is 1. The molecule has 2 aliphatic rings. The molecule has 254 valence electrons. The van der Waals surface area contributed by atoms with Crippen molar-refractivity contribution in [3.8, 4) is 5.75 Å². The van der Waals surface area contributed by atoms with Gasteiger partial charge in [0.2, 0.25) is 10.0 Å². The van der Waals surface area contributed by atoms with E-state index >= 15 is 0 Å². The van der Waals surface area contributed by atoms with Crippen LogP contribution in [0.15, 0.2) is 46.2 Å². The van der Waals surface area contributed by atoms with Crippen molar-refractivity contribution in [2.75, 3.05) is 33.3 Å². The fraction of sp³-hybridized carbons (Fsp3) is 0.538. The number of aliphatic hydroxyl groups is 1. The molecule has 46 heavy (non-hydrogen) atoms. The maximum Gasteiger partial charge on any atom is 1.00 e. The number of hydrogen-bond acceptors (Lipinski definition) is 11. The normalized spacial score (nSPS) is 16.2. The van der Waals surface area contributed by atoms with Gasteiger partial charge >= 0.3 is 43.7 Å². The van der Waals surface area contributed by atoms with Crippen molar-refractivity contribution >= 4 is 67.1 Å². The van der Waals surface area contributed by atoms with E-state index in [0.29, 0.717) is 43.3 Å². The number of ether oxygens (including phenoxy) is 1. The number of hydrogen-bond donors (Lipinski definition) is 6. The minimum absolute atomic E-state index is 0. The molecular formula is C26H42B2Cl3N4NaO8S2. The van der Waals surface area contributed by atoms with Gasteiger partial charge < -0.3 is 37.1 Å². The molecule has 0 atom stereocenters. The second-order valence-corrected chi connectivity index (χ2v) is 15.9. The van der Waals surface area contributed by atoms with Crippen LogP contribution in [0, 0.1) is 0 Å². The number of piperidine rings is 2. The molecule has 0 aliphatic carbocycles. The van der Waals surface area contributed by atoms with Crippen LogP contribution in [0.1, 0.15) is 32.7 Å². The predicted molar refractivity (Wildman–Crippen MR) is 181 cm³/mol. The fourth-order valence-corrected chi connectivity index (χ4v) is 7.60. The number of sulfonamides is 1. The summed E-state index contributed by atoms with van der Waals surface area (Å²) in [6.07, 6.45) is 3.58. The van der Waals surface area contributed by atoms with E-state index in [4.69, 9.17) is 48.8 Å². The van der Waals surface area contributed by atoms with Crippen molar-refractivity contribution in [2.45, 2.75) is 67.8 Å². The van der Waals surface area contributed by atoms with E-state index in [2.05, 4.69) is 15.8 Å². The van der Waals surface area contributed by atoms with Crippen molar-refractivity contribution in [3.63, 3.8) is 0 Å². The van der Waals surface area contributed by atoms with E-state index < -0.39 is 26.1 Å². The van der Waals surface area contributed by atoms with Gasteiger partial charge in [0.25, 0.3) is 9.05 Å². The summed E-state index contributed by atoms with van der Waals surface area (Å²) >= 11 is 11.7. The van der Waals surface area contributed by atoms with E-state index in [1.165, 1.54) is 41.7 Å². The molecule has 0 radical (unpaired) electrons. The predicted octanol–water partition coefficient (Wildman–Crippen LogP) is -0.484. The van der Waals surface area contributed by atoms with E-state index in [1.54, 1.807) is 19.7 Å². The first-order chi connectivity index (χ1) is 21.1. The molecule has 2 aromatic carbocycles. The Balaban J connectivity index is 0.000000723. The van der Waals surface area contributed by atoms with Crippen molar-refractivity contribution in [1.29, 1.82) is 0 Å². The Morgan fingerprint density at radius 1 is 0.913 bits per heavy atom. The molecule has 6 N–H and O–H groups in total. The van der Waals surface area contributed by atoms with Crippen LogP contribution in [0.25, 0.3) is 0 Å². The van der Waals surface area contributed by atoms with Crippen LogP contribution >= 0.6 is 33.9 Å². The van der Waals surface area contributed by atoms with Crippen molar-refractivity contribution in [1.82, 2.24) is 20.1 Å². The molecule has 12 nitrogen and oxygen atoms in total. The van der Waals surface area contributed by atoms with E-state index in [1.807, 2.05) is 0 Å². The molecule has 0 aromatic heterocycles. The Kier molecular flexibility index (Phi) is 20.2. The third-order valence-electron chi connectivity index (χ3n) is 6.98. The Morgan fingerprint density at radius 2 is 1.41 bits per heavy atom. The zero-order chi connectivity index (χ0) is 33.8. The minimum Gasteiger partial charge on any atom is -1.00 e. The fourth-order valence-electron chi connectivity index (χ4n) is 4.70. The Bertz CT molecular complexity index is 1440. The third kappa shape index (κ3) is 14.8. The summed E-state index contributed by atoms with van der Waals surface area (Å²) in [4.78, 5) is 0.0941. The largest absolute Gasteiger partial charge is 1.00 e. The van der Waals surface area contributed by atoms with E-state index in [9.17, 15) is 21.9 Å². The number of rotatable bonds is 9. The van der Waals surface area contributed by atoms with Gasteiger partial charge in [-0.3, -0.25) is 0 Å². The van der Waals surface area contributed by atoms with Crippen molar-refractivity contribution < 1.29 is 67.7 Å². The molecule has 0 amide bonds. The van der Waals surface area contributed by atoms with Gasteiger partial charge in [-0.05, 0) is 88.3 Å². The quantitative estimate of drug-likeness (QED) is 0.144. The second kappa shape index (κ2) is 21.2. The van der Waals surface area contributed by atoms with E-state index in [-0.39, 0.29) is 70.5 Å². The molecule has 20 heteroatoms. The number of halogens is 3. The third-order valence-corrected chi connectivity index (χ3v) is 10.9. The summed E-state index contributed by atoms with van der Waals surface area (Å²) in [6.45, 7) is 6.16. The molecule has 0 bridgehead atoms. The minimum atomic E-state index is -3.74. The summed E-state index contributed by atoms with van der Waals surface area (Å²) < 4.78 is 53.4. The number of benzene rings is 2. The second-order valence-electron chi connectivity index (χ2n) is 10.5. The summed E-state index contributed by atoms with van der Waals surface area (Å²) in [5.74, 6) is 0.445. The van der Waals surface area contributed by atoms with Crippen molar-refractivity contribution in [3.05, 3.63) is 52.0 Å². The maximum atomic E-state index is 12.6. The standard InChI is InChI=1S/C13H20BClN2O4S.C7H6Cl2O3S.C6H15BN2O.Na.H/c1-14(18)16-10-5-7-17(8-6-10)22(19,20)11-3-4-13(21-2)12(15)9-11;8-7-3-6(13(9,11)12)2-1-5(7)4-10;1-7(10)9-6-2-4-8-5-3-6;;/h3-4,9-10,16,18H,5-8H2,1-2H3;1-3,10H,4H2;6,8-10H,2-5H2,1H3;;/q;;;+1;-1. The Morgan fingerprint density at radius 3 is 1.85 bits per heavy atom. The molecule has 2 fully saturated rings. The van der Waals surface area contributed by atoms with E-state index in [0.717, 1.165) is 25.9 Å². The molecule has 0 spiro atoms. The number of nitrogens with zero attached hydrogens (tertiary/aromatic N) is 1. The summed E-state index contributed by atoms with van der Waals surface area (Å²) in [6, 6.07) is 9.02. The van der Waals surface area contributed by atoms with Gasteiger partial charge in [-0.1, -0.05) is 29.3 Å². The molecule has 2 aromatic rings. The van der Waals surface area contributed by atoms with Gasteiger partial charge in [0.1, 0.15) is 5.75 Å². The smallest absolute Gasteiger partial charge is 1.00 e. The van der Waals surface area contributed by atoms with Crippen molar-refractivity contribution in [2.24, 2.45) is 0 Å². The van der Waals surface area contributed by atoms with Gasteiger partial charge in [0.15, 0.2) is 0 Å². The zero-order valence-corrected chi connectivity index (χ0v) is 32.3. The van der Waals surface area contributed by atoms with Crippen LogP contribution in [0.3, 0.4) is 0 Å². The van der Waals surface area contributed by atoms with Gasteiger partial charge in [-0.2, -0.15) is 4.31 Å². The summed E-state index contributed by atoms with van der Waals surface area (Å²) in [5.41, 5.74) is 0.464. The summed E-state index contributed by atoms with van der Waals surface area (Å²) in [7, 11) is -1.69. The number of nitrogens with one attached hydrogen (secondary N) is 3. The first-order valence-corrected chi connectivity index (χ1v) is 18.9. The monoisotopic (exact) mass is 752 g/mol. The van der Waals surface area contributed by atoms with Crippen LogP contribution in [0.2, 0.25) is 23.7 Å². The van der Waals surface area contributed by atoms with Gasteiger partial charge in [0.05, 0.1) is 28.5 Å². The average molecular weight is 754 g/mol. The Labute approximate surface area is 311 Å². The molecule has 2 aliphatic heterocycles. The molecule has 2 heterocycles. The molecule has 4 rings (SSSR count). The first-order valence-electron chi connectivity index (χ1n) is 14.3.